The van der Waals surface area contributed by atoms with E-state index in [1.54, 1.807) is 68.4 Å². The quantitative estimate of drug-likeness (QED) is 0.602. The predicted molar refractivity (Wildman–Crippen MR) is 111 cm³/mol. The second-order valence-corrected chi connectivity index (χ2v) is 7.38. The van der Waals surface area contributed by atoms with Crippen molar-refractivity contribution in [3.05, 3.63) is 71.8 Å². The maximum Gasteiger partial charge on any atom is 0.408 e. The van der Waals surface area contributed by atoms with E-state index in [-0.39, 0.29) is 18.9 Å². The summed E-state index contributed by atoms with van der Waals surface area (Å²) in [6.45, 7) is 3.38. The number of alkyl halides is 2. The van der Waals surface area contributed by atoms with Crippen LogP contribution in [-0.4, -0.2) is 36.3 Å². The smallest absolute Gasteiger partial charge is 0.408 e. The lowest BCUT2D eigenvalue weighted by Gasteiger charge is -2.25. The average molecular weight is 432 g/mol. The van der Waals surface area contributed by atoms with Crippen LogP contribution in [-0.2, 0) is 27.4 Å². The molecule has 2 N–H and O–H groups in total. The van der Waals surface area contributed by atoms with Gasteiger partial charge in [0.1, 0.15) is 12.6 Å². The fraction of sp³-hybridized carbons (Fsp3) is 0.348. The lowest BCUT2D eigenvalue weighted by molar-refractivity contribution is -0.135. The van der Waals surface area contributed by atoms with Crippen molar-refractivity contribution >= 4 is 17.8 Å². The van der Waals surface area contributed by atoms with Gasteiger partial charge in [-0.2, -0.15) is 0 Å². The van der Waals surface area contributed by atoms with E-state index in [1.165, 1.54) is 0 Å². The molecule has 2 aromatic rings. The Labute approximate surface area is 180 Å². The van der Waals surface area contributed by atoms with Crippen LogP contribution in [0, 0.1) is 5.92 Å². The van der Waals surface area contributed by atoms with Crippen LogP contribution in [0.1, 0.15) is 25.0 Å². The third-order valence-electron chi connectivity index (χ3n) is 4.59. The minimum atomic E-state index is -3.23. The third kappa shape index (κ3) is 7.81. The molecule has 0 heterocycles. The number of carbonyl (C=O) groups excluding carboxylic acids is 3. The summed E-state index contributed by atoms with van der Waals surface area (Å²) in [6.07, 6.45) is -4.13. The summed E-state index contributed by atoms with van der Waals surface area (Å²) in [5, 5.41) is 4.82. The Balaban J connectivity index is 2.03. The highest BCUT2D eigenvalue weighted by Crippen LogP contribution is 2.10. The largest absolute Gasteiger partial charge is 0.445 e. The molecule has 0 aliphatic heterocycles. The Hall–Kier alpha value is -3.29. The Kier molecular flexibility index (Phi) is 9.12. The van der Waals surface area contributed by atoms with Gasteiger partial charge in [0, 0.05) is 0 Å². The molecule has 2 aromatic carbocycles. The van der Waals surface area contributed by atoms with Crippen LogP contribution in [0.25, 0.3) is 0 Å². The standard InChI is InChI=1S/C23H26F2N2O4/c1-15(2)19(27-23(30)31-14-17-11-7-4-8-12-17)22(29)26-18(20(28)21(24)25)13-16-9-5-3-6-10-16/h3-12,15,18-19,21H,13-14H2,1-2H3,(H,26,29)(H,27,30). The first kappa shape index (κ1) is 24.0. The zero-order valence-electron chi connectivity index (χ0n) is 17.4. The van der Waals surface area contributed by atoms with Gasteiger partial charge in [-0.15, -0.1) is 0 Å². The number of rotatable bonds is 10. The van der Waals surface area contributed by atoms with Gasteiger partial charge < -0.3 is 15.4 Å². The summed E-state index contributed by atoms with van der Waals surface area (Å²) < 4.78 is 31.3. The predicted octanol–water partition coefficient (Wildman–Crippen LogP) is 3.50. The molecule has 0 bridgehead atoms. The molecule has 166 valence electrons. The van der Waals surface area contributed by atoms with E-state index in [4.69, 9.17) is 4.74 Å². The first-order valence-electron chi connectivity index (χ1n) is 9.91. The van der Waals surface area contributed by atoms with E-state index in [2.05, 4.69) is 10.6 Å². The maximum atomic E-state index is 13.1. The number of halogens is 2. The van der Waals surface area contributed by atoms with E-state index in [9.17, 15) is 23.2 Å². The molecule has 2 atom stereocenters. The van der Waals surface area contributed by atoms with Crippen molar-refractivity contribution in [3.63, 3.8) is 0 Å². The molecule has 0 aromatic heterocycles. The zero-order chi connectivity index (χ0) is 22.8. The Morgan fingerprint density at radius 2 is 1.42 bits per heavy atom. The highest BCUT2D eigenvalue weighted by molar-refractivity contribution is 5.93. The number of alkyl carbamates (subject to hydrolysis) is 1. The van der Waals surface area contributed by atoms with Crippen molar-refractivity contribution in [3.8, 4) is 0 Å². The molecule has 2 amide bonds. The highest BCUT2D eigenvalue weighted by atomic mass is 19.3. The monoisotopic (exact) mass is 432 g/mol. The van der Waals surface area contributed by atoms with Crippen LogP contribution in [0.5, 0.6) is 0 Å². The van der Waals surface area contributed by atoms with Gasteiger partial charge in [0.25, 0.3) is 6.43 Å². The molecule has 0 saturated carbocycles. The molecule has 2 unspecified atom stereocenters. The second-order valence-electron chi connectivity index (χ2n) is 7.38. The highest BCUT2D eigenvalue weighted by Gasteiger charge is 2.32. The molecule has 0 aliphatic carbocycles. The zero-order valence-corrected chi connectivity index (χ0v) is 17.4. The van der Waals surface area contributed by atoms with Crippen molar-refractivity contribution in [2.45, 2.75) is 45.4 Å². The van der Waals surface area contributed by atoms with E-state index in [1.807, 2.05) is 6.07 Å². The van der Waals surface area contributed by atoms with Gasteiger partial charge in [-0.05, 0) is 23.5 Å². The van der Waals surface area contributed by atoms with Gasteiger partial charge in [-0.25, -0.2) is 13.6 Å². The Morgan fingerprint density at radius 1 is 0.871 bits per heavy atom. The summed E-state index contributed by atoms with van der Waals surface area (Å²) >= 11 is 0. The summed E-state index contributed by atoms with van der Waals surface area (Å²) in [6, 6.07) is 15.0. The topological polar surface area (TPSA) is 84.5 Å². The molecular formula is C23H26F2N2O4. The lowest BCUT2D eigenvalue weighted by Crippen LogP contribution is -2.55. The van der Waals surface area contributed by atoms with Gasteiger partial charge in [-0.3, -0.25) is 9.59 Å². The van der Waals surface area contributed by atoms with Crippen molar-refractivity contribution in [2.75, 3.05) is 0 Å². The number of nitrogens with one attached hydrogen (secondary N) is 2. The molecule has 0 spiro atoms. The normalized spacial score (nSPS) is 12.8. The van der Waals surface area contributed by atoms with Crippen LogP contribution in [0.2, 0.25) is 0 Å². The van der Waals surface area contributed by atoms with Gasteiger partial charge in [-0.1, -0.05) is 74.5 Å². The minimum Gasteiger partial charge on any atom is -0.445 e. The van der Waals surface area contributed by atoms with Gasteiger partial charge in [0.05, 0.1) is 6.04 Å². The third-order valence-corrected chi connectivity index (χ3v) is 4.59. The van der Waals surface area contributed by atoms with Crippen molar-refractivity contribution < 1.29 is 27.9 Å². The molecular weight excluding hydrogens is 406 g/mol. The number of amides is 2. The first-order chi connectivity index (χ1) is 14.8. The lowest BCUT2D eigenvalue weighted by atomic mass is 9.99. The van der Waals surface area contributed by atoms with E-state index >= 15 is 0 Å². The molecule has 0 fully saturated rings. The fourth-order valence-corrected chi connectivity index (χ4v) is 2.91. The van der Waals surface area contributed by atoms with Gasteiger partial charge in [0.2, 0.25) is 11.7 Å². The summed E-state index contributed by atoms with van der Waals surface area (Å²) in [5.41, 5.74) is 1.40. The van der Waals surface area contributed by atoms with Gasteiger partial charge in [0.15, 0.2) is 0 Å². The van der Waals surface area contributed by atoms with E-state index < -0.39 is 36.3 Å². The van der Waals surface area contributed by atoms with Crippen LogP contribution >= 0.6 is 0 Å². The molecule has 6 nitrogen and oxygen atoms in total. The van der Waals surface area contributed by atoms with Crippen LogP contribution in [0.3, 0.4) is 0 Å². The number of benzene rings is 2. The number of hydrogen-bond acceptors (Lipinski definition) is 4. The second kappa shape index (κ2) is 11.8. The SMILES string of the molecule is CC(C)C(NC(=O)OCc1ccccc1)C(=O)NC(Cc1ccccc1)C(=O)C(F)F. The maximum absolute atomic E-state index is 13.1. The van der Waals surface area contributed by atoms with Crippen molar-refractivity contribution in [1.82, 2.24) is 10.6 Å². The molecule has 0 aliphatic rings. The first-order valence-corrected chi connectivity index (χ1v) is 9.91. The number of ether oxygens (including phenoxy) is 1. The molecule has 0 saturated heterocycles. The molecule has 8 heteroatoms. The average Bonchev–Trinajstić information content (AvgIpc) is 2.76. The van der Waals surface area contributed by atoms with Crippen molar-refractivity contribution in [2.24, 2.45) is 5.92 Å². The number of carbonyl (C=O) groups is 3. The van der Waals surface area contributed by atoms with Crippen LogP contribution in [0.4, 0.5) is 13.6 Å². The number of hydrogen-bond donors (Lipinski definition) is 2. The number of ketones is 1. The minimum absolute atomic E-state index is 0.0135. The van der Waals surface area contributed by atoms with E-state index in [0.717, 1.165) is 5.56 Å². The van der Waals surface area contributed by atoms with Crippen molar-refractivity contribution in [1.29, 1.82) is 0 Å². The van der Waals surface area contributed by atoms with E-state index in [0.29, 0.717) is 5.56 Å². The van der Waals surface area contributed by atoms with Crippen LogP contribution in [0.15, 0.2) is 60.7 Å². The summed E-state index contributed by atoms with van der Waals surface area (Å²) in [4.78, 5) is 36.9. The number of Topliss-reactive ketones (excluding diaryl/α,β-unsaturated/α-hetero) is 1. The van der Waals surface area contributed by atoms with Crippen LogP contribution < -0.4 is 10.6 Å². The fourth-order valence-electron chi connectivity index (χ4n) is 2.91. The Bertz CT molecular complexity index is 860. The summed E-state index contributed by atoms with van der Waals surface area (Å²) in [7, 11) is 0. The summed E-state index contributed by atoms with van der Waals surface area (Å²) in [5.74, 6) is -2.49. The Morgan fingerprint density at radius 3 is 1.94 bits per heavy atom. The van der Waals surface area contributed by atoms with Gasteiger partial charge >= 0.3 is 6.09 Å². The molecule has 31 heavy (non-hydrogen) atoms. The molecule has 2 rings (SSSR count). The molecule has 0 radical (unpaired) electrons.